The van der Waals surface area contributed by atoms with Gasteiger partial charge in [0, 0.05) is 43.8 Å². The first-order valence-electron chi connectivity index (χ1n) is 11.9. The number of rotatable bonds is 7. The van der Waals surface area contributed by atoms with Crippen LogP contribution in [0.3, 0.4) is 0 Å². The van der Waals surface area contributed by atoms with Crippen LogP contribution in [-0.4, -0.2) is 86.5 Å². The highest BCUT2D eigenvalue weighted by molar-refractivity contribution is 6.30. The highest BCUT2D eigenvalue weighted by Crippen LogP contribution is 2.52. The van der Waals surface area contributed by atoms with Crippen molar-refractivity contribution >= 4 is 23.4 Å². The van der Waals surface area contributed by atoms with Crippen LogP contribution in [-0.2, 0) is 14.3 Å². The van der Waals surface area contributed by atoms with E-state index in [0.29, 0.717) is 32.1 Å². The maximum absolute atomic E-state index is 13.5. The van der Waals surface area contributed by atoms with Gasteiger partial charge in [-0.2, -0.15) is 0 Å². The van der Waals surface area contributed by atoms with E-state index in [1.54, 1.807) is 0 Å². The van der Waals surface area contributed by atoms with Crippen LogP contribution in [0.1, 0.15) is 19.3 Å². The van der Waals surface area contributed by atoms with E-state index in [2.05, 4.69) is 26.2 Å². The normalized spacial score (nSPS) is 33.1. The van der Waals surface area contributed by atoms with Crippen molar-refractivity contribution in [1.82, 2.24) is 26.2 Å². The molecule has 6 rings (SSSR count). The third-order valence-corrected chi connectivity index (χ3v) is 7.67. The number of morpholine rings is 1. The van der Waals surface area contributed by atoms with E-state index < -0.39 is 5.82 Å². The Morgan fingerprint density at radius 1 is 1.24 bits per heavy atom. The minimum absolute atomic E-state index is 0.00224. The Morgan fingerprint density at radius 3 is 2.79 bits per heavy atom. The van der Waals surface area contributed by atoms with Crippen LogP contribution in [0, 0.1) is 11.7 Å². The van der Waals surface area contributed by atoms with E-state index in [4.69, 9.17) is 21.1 Å². The number of nitrogens with zero attached hydrogens (tertiary/aromatic N) is 1. The molecule has 3 aliphatic carbocycles. The van der Waals surface area contributed by atoms with Gasteiger partial charge in [-0.15, -0.1) is 0 Å². The summed E-state index contributed by atoms with van der Waals surface area (Å²) in [5, 5.41) is 13.1. The maximum Gasteiger partial charge on any atom is 0.258 e. The van der Waals surface area contributed by atoms with Gasteiger partial charge in [-0.3, -0.25) is 19.8 Å². The van der Waals surface area contributed by atoms with Crippen LogP contribution in [0.2, 0.25) is 5.02 Å². The predicted octanol–water partition coefficient (Wildman–Crippen LogP) is 0.231. The van der Waals surface area contributed by atoms with E-state index in [0.717, 1.165) is 38.5 Å². The molecule has 0 radical (unpaired) electrons. The summed E-state index contributed by atoms with van der Waals surface area (Å²) in [5.74, 6) is -0.234. The first-order chi connectivity index (χ1) is 16.4. The lowest BCUT2D eigenvalue weighted by Gasteiger charge is -2.40. The Balaban J connectivity index is 1.08. The molecule has 2 aliphatic heterocycles. The number of carbonyl (C=O) groups is 2. The molecule has 2 saturated heterocycles. The average molecular weight is 496 g/mol. The Kier molecular flexibility index (Phi) is 6.95. The van der Waals surface area contributed by atoms with Crippen LogP contribution in [0.25, 0.3) is 0 Å². The summed E-state index contributed by atoms with van der Waals surface area (Å²) < 4.78 is 24.4. The number of hydrogen-bond acceptors (Lipinski definition) is 7. The molecular formula is C23H31ClFN5O4. The number of amides is 2. The van der Waals surface area contributed by atoms with Gasteiger partial charge >= 0.3 is 0 Å². The van der Waals surface area contributed by atoms with Gasteiger partial charge in [-0.1, -0.05) is 11.6 Å². The molecule has 34 heavy (non-hydrogen) atoms. The highest BCUT2D eigenvalue weighted by atomic mass is 35.5. The zero-order valence-corrected chi connectivity index (χ0v) is 19.7. The minimum Gasteiger partial charge on any atom is -0.484 e. The van der Waals surface area contributed by atoms with Gasteiger partial charge < -0.3 is 25.4 Å². The first-order valence-corrected chi connectivity index (χ1v) is 12.3. The smallest absolute Gasteiger partial charge is 0.258 e. The summed E-state index contributed by atoms with van der Waals surface area (Å²) in [6.45, 7) is 4.34. The van der Waals surface area contributed by atoms with Gasteiger partial charge in [0.1, 0.15) is 17.6 Å². The third-order valence-electron chi connectivity index (χ3n) is 7.36. The molecule has 11 heteroatoms. The largest absolute Gasteiger partial charge is 0.484 e. The standard InChI is InChI=1S/C23H31ClFN5O4/c24-16-2-1-15(7-17(16)25)34-13-21(31)29-23-8-14(9-23)18(10-23)28-22(32)19-11-26-12-20(27-19)30-3-5-33-6-4-30/h1-2,7,14,18-20,26-27H,3-6,8-13H2,(H,28,32)(H,29,31)/t14?,18-,19?,20?,23?/m0/s1. The summed E-state index contributed by atoms with van der Waals surface area (Å²) in [4.78, 5) is 27.7. The number of halogens is 2. The molecule has 9 nitrogen and oxygen atoms in total. The second-order valence-corrected chi connectivity index (χ2v) is 10.1. The quantitative estimate of drug-likeness (QED) is 0.429. The zero-order chi connectivity index (χ0) is 23.7. The number of benzene rings is 1. The van der Waals surface area contributed by atoms with Crippen LogP contribution < -0.4 is 26.0 Å². The second-order valence-electron chi connectivity index (χ2n) is 9.72. The van der Waals surface area contributed by atoms with E-state index in [1.807, 2.05) is 0 Å². The highest BCUT2D eigenvalue weighted by Gasteiger charge is 2.57. The molecule has 5 fully saturated rings. The minimum atomic E-state index is -0.590. The van der Waals surface area contributed by atoms with Crippen molar-refractivity contribution in [1.29, 1.82) is 0 Å². The van der Waals surface area contributed by atoms with Gasteiger partial charge in [0.05, 0.1) is 24.4 Å². The molecule has 0 spiro atoms. The molecule has 0 aromatic heterocycles. The molecule has 5 aliphatic rings. The van der Waals surface area contributed by atoms with Crippen molar-refractivity contribution in [3.05, 3.63) is 29.0 Å². The summed E-state index contributed by atoms with van der Waals surface area (Å²) in [6.07, 6.45) is 2.50. The topological polar surface area (TPSA) is 104 Å². The van der Waals surface area contributed by atoms with Crippen molar-refractivity contribution in [2.24, 2.45) is 5.92 Å². The molecule has 3 saturated carbocycles. The van der Waals surface area contributed by atoms with Crippen molar-refractivity contribution in [3.8, 4) is 5.75 Å². The van der Waals surface area contributed by atoms with Crippen molar-refractivity contribution in [2.75, 3.05) is 46.0 Å². The molecule has 1 aromatic rings. The number of hydrogen-bond donors (Lipinski definition) is 4. The number of nitrogens with one attached hydrogen (secondary N) is 4. The molecule has 2 bridgehead atoms. The van der Waals surface area contributed by atoms with Gasteiger partial charge in [-0.25, -0.2) is 4.39 Å². The Hall–Kier alpha value is -1.98. The molecular weight excluding hydrogens is 465 g/mol. The number of piperazine rings is 1. The van der Waals surface area contributed by atoms with E-state index in [1.165, 1.54) is 12.1 Å². The average Bonchev–Trinajstić information content (AvgIpc) is 3.34. The third kappa shape index (κ3) is 5.16. The fourth-order valence-electron chi connectivity index (χ4n) is 5.64. The van der Waals surface area contributed by atoms with Crippen molar-refractivity contribution in [2.45, 2.75) is 43.1 Å². The SMILES string of the molecule is O=C(COc1ccc(Cl)c(F)c1)NC12CC(C1)[C@@H](NC(=O)C1CNCC(N3CCOCC3)N1)C2. The van der Waals surface area contributed by atoms with E-state index in [9.17, 15) is 14.0 Å². The number of ether oxygens (including phenoxy) is 2. The van der Waals surface area contributed by atoms with E-state index >= 15 is 0 Å². The Labute approximate surface area is 203 Å². The van der Waals surface area contributed by atoms with Crippen LogP contribution in [0.4, 0.5) is 4.39 Å². The monoisotopic (exact) mass is 495 g/mol. The van der Waals surface area contributed by atoms with Crippen molar-refractivity contribution < 1.29 is 23.5 Å². The molecule has 2 unspecified atom stereocenters. The maximum atomic E-state index is 13.5. The molecule has 4 N–H and O–H groups in total. The lowest BCUT2D eigenvalue weighted by molar-refractivity contribution is -0.126. The van der Waals surface area contributed by atoms with E-state index in [-0.39, 0.29) is 53.0 Å². The molecule has 2 heterocycles. The zero-order valence-electron chi connectivity index (χ0n) is 18.9. The summed E-state index contributed by atoms with van der Waals surface area (Å²) >= 11 is 5.67. The Bertz CT molecular complexity index is 925. The molecule has 3 atom stereocenters. The first kappa shape index (κ1) is 23.7. The van der Waals surface area contributed by atoms with Gasteiger partial charge in [0.2, 0.25) is 5.91 Å². The number of carbonyl (C=O) groups excluding carboxylic acids is 2. The summed E-state index contributed by atoms with van der Waals surface area (Å²) in [5.41, 5.74) is -0.303. The van der Waals surface area contributed by atoms with Gasteiger partial charge in [0.25, 0.3) is 5.91 Å². The van der Waals surface area contributed by atoms with Crippen LogP contribution in [0.15, 0.2) is 18.2 Å². The van der Waals surface area contributed by atoms with Gasteiger partial charge in [-0.05, 0) is 37.3 Å². The second kappa shape index (κ2) is 9.94. The van der Waals surface area contributed by atoms with Crippen molar-refractivity contribution in [3.63, 3.8) is 0 Å². The molecule has 186 valence electrons. The molecule has 2 amide bonds. The molecule has 1 aromatic carbocycles. The summed E-state index contributed by atoms with van der Waals surface area (Å²) in [7, 11) is 0. The van der Waals surface area contributed by atoms with Crippen LogP contribution in [0.5, 0.6) is 5.75 Å². The van der Waals surface area contributed by atoms with Crippen LogP contribution >= 0.6 is 11.6 Å². The predicted molar refractivity (Wildman–Crippen MR) is 123 cm³/mol. The lowest BCUT2D eigenvalue weighted by Crippen LogP contribution is -2.66. The Morgan fingerprint density at radius 2 is 2.03 bits per heavy atom. The van der Waals surface area contributed by atoms with Gasteiger partial charge in [0.15, 0.2) is 6.61 Å². The lowest BCUT2D eigenvalue weighted by atomic mass is 9.76. The fraction of sp³-hybridized carbons (Fsp3) is 0.652. The fourth-order valence-corrected chi connectivity index (χ4v) is 5.76. The number of fused-ring (bicyclic) bond motifs is 1. The summed E-state index contributed by atoms with van der Waals surface area (Å²) in [6, 6.07) is 3.83.